The van der Waals surface area contributed by atoms with Gasteiger partial charge in [-0.1, -0.05) is 23.2 Å². The lowest BCUT2D eigenvalue weighted by molar-refractivity contribution is 0.416. The van der Waals surface area contributed by atoms with Crippen molar-refractivity contribution in [2.45, 2.75) is 0 Å². The number of aromatic amines is 1. The van der Waals surface area contributed by atoms with Crippen molar-refractivity contribution in [3.05, 3.63) is 46.4 Å². The molecule has 5 heteroatoms. The number of benzene rings is 2. The Balaban J connectivity index is 2.18. The summed E-state index contributed by atoms with van der Waals surface area (Å²) in [6.07, 6.45) is 0. The molecular formula is C14H10Cl2N2O. The summed E-state index contributed by atoms with van der Waals surface area (Å²) in [5.41, 5.74) is 2.61. The molecule has 3 nitrogen and oxygen atoms in total. The van der Waals surface area contributed by atoms with Crippen molar-refractivity contribution in [2.75, 3.05) is 7.11 Å². The summed E-state index contributed by atoms with van der Waals surface area (Å²) in [4.78, 5) is 7.75. The quantitative estimate of drug-likeness (QED) is 0.753. The molecule has 0 aliphatic carbocycles. The number of nitrogens with one attached hydrogen (secondary N) is 1. The van der Waals surface area contributed by atoms with Crippen molar-refractivity contribution in [3.63, 3.8) is 0 Å². The van der Waals surface area contributed by atoms with Crippen LogP contribution in [0.3, 0.4) is 0 Å². The highest BCUT2D eigenvalue weighted by atomic mass is 35.5. The smallest absolute Gasteiger partial charge is 0.142 e. The third kappa shape index (κ3) is 2.27. The first-order chi connectivity index (χ1) is 9.17. The molecule has 0 saturated carbocycles. The monoisotopic (exact) mass is 292 g/mol. The highest BCUT2D eigenvalue weighted by Crippen LogP contribution is 2.32. The molecule has 0 fully saturated rings. The molecule has 19 heavy (non-hydrogen) atoms. The zero-order valence-electron chi connectivity index (χ0n) is 10.1. The highest BCUT2D eigenvalue weighted by molar-refractivity contribution is 6.31. The van der Waals surface area contributed by atoms with Crippen LogP contribution in [-0.2, 0) is 0 Å². The molecular weight excluding hydrogens is 283 g/mol. The normalized spacial score (nSPS) is 10.9. The molecule has 0 aliphatic rings. The molecule has 1 aromatic heterocycles. The van der Waals surface area contributed by atoms with Crippen molar-refractivity contribution in [3.8, 4) is 17.1 Å². The standard InChI is InChI=1S/C14H10Cl2N2O/c1-19-13-7-9(16)2-4-10(13)14-17-11-5-3-8(15)6-12(11)18-14/h2-7H,1H3,(H,17,18). The largest absolute Gasteiger partial charge is 0.496 e. The van der Waals surface area contributed by atoms with E-state index in [0.717, 1.165) is 22.4 Å². The van der Waals surface area contributed by atoms with Gasteiger partial charge < -0.3 is 9.72 Å². The number of ether oxygens (including phenoxy) is 1. The maximum absolute atomic E-state index is 5.96. The average molecular weight is 293 g/mol. The summed E-state index contributed by atoms with van der Waals surface area (Å²) < 4.78 is 5.33. The zero-order valence-corrected chi connectivity index (χ0v) is 11.6. The van der Waals surface area contributed by atoms with Crippen LogP contribution >= 0.6 is 23.2 Å². The fourth-order valence-electron chi connectivity index (χ4n) is 1.97. The van der Waals surface area contributed by atoms with Crippen LogP contribution in [0.2, 0.25) is 10.0 Å². The van der Waals surface area contributed by atoms with Gasteiger partial charge in [-0.3, -0.25) is 0 Å². The van der Waals surface area contributed by atoms with E-state index in [0.29, 0.717) is 15.8 Å². The Morgan fingerprint density at radius 1 is 1.05 bits per heavy atom. The van der Waals surface area contributed by atoms with Crippen molar-refractivity contribution in [1.29, 1.82) is 0 Å². The summed E-state index contributed by atoms with van der Waals surface area (Å²) >= 11 is 11.9. The number of methoxy groups -OCH3 is 1. The molecule has 0 atom stereocenters. The van der Waals surface area contributed by atoms with Crippen molar-refractivity contribution in [1.82, 2.24) is 9.97 Å². The van der Waals surface area contributed by atoms with Gasteiger partial charge in [0.1, 0.15) is 11.6 Å². The first-order valence-electron chi connectivity index (χ1n) is 5.66. The summed E-state index contributed by atoms with van der Waals surface area (Å²) in [7, 11) is 1.61. The Hall–Kier alpha value is -1.71. The van der Waals surface area contributed by atoms with Crippen LogP contribution < -0.4 is 4.74 Å². The average Bonchev–Trinajstić information content (AvgIpc) is 2.81. The van der Waals surface area contributed by atoms with Gasteiger partial charge >= 0.3 is 0 Å². The van der Waals surface area contributed by atoms with Crippen LogP contribution in [0.15, 0.2) is 36.4 Å². The van der Waals surface area contributed by atoms with E-state index in [1.165, 1.54) is 0 Å². The summed E-state index contributed by atoms with van der Waals surface area (Å²) in [6, 6.07) is 11.0. The van der Waals surface area contributed by atoms with Crippen molar-refractivity contribution in [2.24, 2.45) is 0 Å². The number of hydrogen-bond donors (Lipinski definition) is 1. The van der Waals surface area contributed by atoms with Crippen molar-refractivity contribution >= 4 is 34.2 Å². The van der Waals surface area contributed by atoms with E-state index in [1.54, 1.807) is 19.2 Å². The summed E-state index contributed by atoms with van der Waals surface area (Å²) in [5, 5.41) is 1.30. The molecule has 1 heterocycles. The van der Waals surface area contributed by atoms with Crippen LogP contribution in [0, 0.1) is 0 Å². The minimum Gasteiger partial charge on any atom is -0.496 e. The van der Waals surface area contributed by atoms with Gasteiger partial charge in [0.25, 0.3) is 0 Å². The third-order valence-electron chi connectivity index (χ3n) is 2.86. The number of hydrogen-bond acceptors (Lipinski definition) is 2. The van der Waals surface area contributed by atoms with Gasteiger partial charge in [-0.15, -0.1) is 0 Å². The highest BCUT2D eigenvalue weighted by Gasteiger charge is 2.11. The van der Waals surface area contributed by atoms with Crippen LogP contribution in [0.25, 0.3) is 22.4 Å². The van der Waals surface area contributed by atoms with Crippen LogP contribution in [0.5, 0.6) is 5.75 Å². The molecule has 3 rings (SSSR count). The maximum Gasteiger partial charge on any atom is 0.142 e. The van der Waals surface area contributed by atoms with Gasteiger partial charge in [0.05, 0.1) is 23.7 Å². The molecule has 0 aliphatic heterocycles. The fraction of sp³-hybridized carbons (Fsp3) is 0.0714. The molecule has 0 saturated heterocycles. The van der Waals surface area contributed by atoms with E-state index < -0.39 is 0 Å². The minimum absolute atomic E-state index is 0.625. The summed E-state index contributed by atoms with van der Waals surface area (Å²) in [5.74, 6) is 1.41. The van der Waals surface area contributed by atoms with E-state index in [2.05, 4.69) is 9.97 Å². The molecule has 0 radical (unpaired) electrons. The molecule has 0 amide bonds. The van der Waals surface area contributed by atoms with E-state index in [9.17, 15) is 0 Å². The lowest BCUT2D eigenvalue weighted by atomic mass is 10.2. The van der Waals surface area contributed by atoms with E-state index in [-0.39, 0.29) is 0 Å². The Morgan fingerprint density at radius 2 is 1.79 bits per heavy atom. The lowest BCUT2D eigenvalue weighted by Crippen LogP contribution is -1.89. The number of halogens is 2. The predicted molar refractivity (Wildman–Crippen MR) is 78.1 cm³/mol. The fourth-order valence-corrected chi connectivity index (χ4v) is 2.30. The topological polar surface area (TPSA) is 37.9 Å². The number of H-pyrrole nitrogens is 1. The number of fused-ring (bicyclic) bond motifs is 1. The molecule has 0 unspecified atom stereocenters. The van der Waals surface area contributed by atoms with Gasteiger partial charge in [-0.05, 0) is 36.4 Å². The van der Waals surface area contributed by atoms with Gasteiger partial charge in [-0.2, -0.15) is 0 Å². The molecule has 0 bridgehead atoms. The van der Waals surface area contributed by atoms with E-state index in [1.807, 2.05) is 24.3 Å². The Kier molecular flexibility index (Phi) is 3.09. The summed E-state index contributed by atoms with van der Waals surface area (Å²) in [6.45, 7) is 0. The lowest BCUT2D eigenvalue weighted by Gasteiger charge is -2.06. The van der Waals surface area contributed by atoms with Gasteiger partial charge in [0.2, 0.25) is 0 Å². The number of rotatable bonds is 2. The third-order valence-corrected chi connectivity index (χ3v) is 3.33. The molecule has 0 spiro atoms. The number of nitrogens with zero attached hydrogens (tertiary/aromatic N) is 1. The van der Waals surface area contributed by atoms with Gasteiger partial charge in [0.15, 0.2) is 0 Å². The molecule has 96 valence electrons. The van der Waals surface area contributed by atoms with Gasteiger partial charge in [0, 0.05) is 10.0 Å². The van der Waals surface area contributed by atoms with Crippen LogP contribution in [-0.4, -0.2) is 17.1 Å². The Morgan fingerprint density at radius 3 is 2.58 bits per heavy atom. The maximum atomic E-state index is 5.96. The first kappa shape index (κ1) is 12.3. The minimum atomic E-state index is 0.625. The molecule has 2 aromatic carbocycles. The second-order valence-corrected chi connectivity index (χ2v) is 4.96. The molecule has 3 aromatic rings. The predicted octanol–water partition coefficient (Wildman–Crippen LogP) is 4.55. The number of imidazole rings is 1. The van der Waals surface area contributed by atoms with Gasteiger partial charge in [-0.25, -0.2) is 4.98 Å². The second-order valence-electron chi connectivity index (χ2n) is 4.09. The van der Waals surface area contributed by atoms with Crippen molar-refractivity contribution < 1.29 is 4.74 Å². The zero-order chi connectivity index (χ0) is 13.4. The second kappa shape index (κ2) is 4.76. The first-order valence-corrected chi connectivity index (χ1v) is 6.42. The molecule has 1 N–H and O–H groups in total. The number of aromatic nitrogens is 2. The van der Waals surface area contributed by atoms with E-state index >= 15 is 0 Å². The Labute approximate surface area is 120 Å². The Bertz CT molecular complexity index is 752. The van der Waals surface area contributed by atoms with Crippen LogP contribution in [0.1, 0.15) is 0 Å². The van der Waals surface area contributed by atoms with E-state index in [4.69, 9.17) is 27.9 Å². The SMILES string of the molecule is COc1cc(Cl)ccc1-c1nc2ccc(Cl)cc2[nH]1. The van der Waals surface area contributed by atoms with Crippen LogP contribution in [0.4, 0.5) is 0 Å².